The molecule has 24 heavy (non-hydrogen) atoms. The van der Waals surface area contributed by atoms with Gasteiger partial charge in [0.05, 0.1) is 18.9 Å². The molecule has 126 valence electrons. The van der Waals surface area contributed by atoms with Gasteiger partial charge in [-0.2, -0.15) is 0 Å². The Hall–Kier alpha value is -2.11. The highest BCUT2D eigenvalue weighted by Gasteiger charge is 2.14. The van der Waals surface area contributed by atoms with Crippen molar-refractivity contribution >= 4 is 0 Å². The van der Waals surface area contributed by atoms with Gasteiger partial charge in [-0.1, -0.05) is 6.07 Å². The minimum absolute atomic E-state index is 0.299. The molecule has 0 unspecified atom stereocenters. The van der Waals surface area contributed by atoms with Crippen LogP contribution in [0.3, 0.4) is 0 Å². The molecule has 0 radical (unpaired) electrons. The lowest BCUT2D eigenvalue weighted by Gasteiger charge is -2.26. The van der Waals surface area contributed by atoms with E-state index in [0.29, 0.717) is 6.79 Å². The fraction of sp³-hybridized carbons (Fsp3) is 0.421. The summed E-state index contributed by atoms with van der Waals surface area (Å²) in [6.45, 7) is 5.22. The first kappa shape index (κ1) is 15.4. The van der Waals surface area contributed by atoms with Crippen LogP contribution >= 0.6 is 0 Å². The van der Waals surface area contributed by atoms with Crippen LogP contribution in [0.25, 0.3) is 11.3 Å². The van der Waals surface area contributed by atoms with E-state index in [1.165, 1.54) is 0 Å². The average molecular weight is 326 g/mol. The summed E-state index contributed by atoms with van der Waals surface area (Å²) < 4.78 is 16.2. The topological polar surface area (TPSA) is 43.8 Å². The van der Waals surface area contributed by atoms with E-state index in [0.717, 1.165) is 74.1 Å². The summed E-state index contributed by atoms with van der Waals surface area (Å²) in [7, 11) is 0. The van der Waals surface area contributed by atoms with Crippen LogP contribution < -0.4 is 9.47 Å². The lowest BCUT2D eigenvalue weighted by Crippen LogP contribution is -2.36. The van der Waals surface area contributed by atoms with Gasteiger partial charge in [-0.15, -0.1) is 0 Å². The van der Waals surface area contributed by atoms with E-state index in [1.807, 2.05) is 24.3 Å². The molecule has 2 aliphatic rings. The van der Waals surface area contributed by atoms with Gasteiger partial charge in [0.25, 0.3) is 0 Å². The number of morpholine rings is 1. The molecular formula is C19H22N2O3. The van der Waals surface area contributed by atoms with Gasteiger partial charge in [-0.3, -0.25) is 9.88 Å². The maximum absolute atomic E-state index is 5.46. The molecule has 0 aliphatic carbocycles. The van der Waals surface area contributed by atoms with E-state index in [-0.39, 0.29) is 0 Å². The summed E-state index contributed by atoms with van der Waals surface area (Å²) in [5, 5.41) is 0. The molecule has 0 amide bonds. The number of pyridine rings is 1. The molecule has 1 aromatic heterocycles. The normalized spacial score (nSPS) is 17.2. The van der Waals surface area contributed by atoms with Gasteiger partial charge >= 0.3 is 0 Å². The van der Waals surface area contributed by atoms with Gasteiger partial charge in [-0.25, -0.2) is 0 Å². The molecular weight excluding hydrogens is 304 g/mol. The molecule has 0 atom stereocenters. The second kappa shape index (κ2) is 7.20. The van der Waals surface area contributed by atoms with Crippen molar-refractivity contribution in [3.63, 3.8) is 0 Å². The number of nitrogens with zero attached hydrogens (tertiary/aromatic N) is 2. The smallest absolute Gasteiger partial charge is 0.231 e. The fourth-order valence-corrected chi connectivity index (χ4v) is 3.14. The Labute approximate surface area is 142 Å². The summed E-state index contributed by atoms with van der Waals surface area (Å²) in [4.78, 5) is 7.28. The number of fused-ring (bicyclic) bond motifs is 1. The average Bonchev–Trinajstić information content (AvgIpc) is 3.11. The second-order valence-electron chi connectivity index (χ2n) is 6.14. The monoisotopic (exact) mass is 326 g/mol. The SMILES string of the molecule is c1cc(CCCN2CCOCC2)nc(-c2ccc3c(c2)OCO3)c1. The highest BCUT2D eigenvalue weighted by Crippen LogP contribution is 2.35. The van der Waals surface area contributed by atoms with Crippen LogP contribution in [0, 0.1) is 0 Å². The van der Waals surface area contributed by atoms with Crippen molar-refractivity contribution in [1.82, 2.24) is 9.88 Å². The third-order valence-corrected chi connectivity index (χ3v) is 4.49. The molecule has 4 rings (SSSR count). The van der Waals surface area contributed by atoms with Crippen molar-refractivity contribution in [3.8, 4) is 22.8 Å². The maximum Gasteiger partial charge on any atom is 0.231 e. The van der Waals surface area contributed by atoms with E-state index in [4.69, 9.17) is 19.2 Å². The van der Waals surface area contributed by atoms with E-state index in [2.05, 4.69) is 17.0 Å². The Morgan fingerprint density at radius 2 is 1.88 bits per heavy atom. The molecule has 1 aromatic carbocycles. The lowest BCUT2D eigenvalue weighted by molar-refractivity contribution is 0.0374. The zero-order chi connectivity index (χ0) is 16.2. The Kier molecular flexibility index (Phi) is 4.62. The van der Waals surface area contributed by atoms with Crippen molar-refractivity contribution in [1.29, 1.82) is 0 Å². The van der Waals surface area contributed by atoms with Gasteiger partial charge < -0.3 is 14.2 Å². The number of benzene rings is 1. The van der Waals surface area contributed by atoms with Gasteiger partial charge in [0.1, 0.15) is 0 Å². The summed E-state index contributed by atoms with van der Waals surface area (Å²) in [6.07, 6.45) is 2.12. The van der Waals surface area contributed by atoms with E-state index < -0.39 is 0 Å². The third kappa shape index (κ3) is 3.52. The zero-order valence-corrected chi connectivity index (χ0v) is 13.7. The number of hydrogen-bond acceptors (Lipinski definition) is 5. The van der Waals surface area contributed by atoms with Crippen LogP contribution in [0.1, 0.15) is 12.1 Å². The minimum Gasteiger partial charge on any atom is -0.454 e. The van der Waals surface area contributed by atoms with Gasteiger partial charge in [-0.05, 0) is 49.7 Å². The highest BCUT2D eigenvalue weighted by atomic mass is 16.7. The third-order valence-electron chi connectivity index (χ3n) is 4.49. The second-order valence-corrected chi connectivity index (χ2v) is 6.14. The van der Waals surface area contributed by atoms with Crippen LogP contribution in [0.2, 0.25) is 0 Å². The number of hydrogen-bond donors (Lipinski definition) is 0. The largest absolute Gasteiger partial charge is 0.454 e. The zero-order valence-electron chi connectivity index (χ0n) is 13.7. The molecule has 3 heterocycles. The van der Waals surface area contributed by atoms with Gasteiger partial charge in [0, 0.05) is 24.3 Å². The number of rotatable bonds is 5. The van der Waals surface area contributed by atoms with Crippen molar-refractivity contribution in [2.75, 3.05) is 39.6 Å². The van der Waals surface area contributed by atoms with E-state index in [9.17, 15) is 0 Å². The summed E-state index contributed by atoms with van der Waals surface area (Å²) >= 11 is 0. The van der Waals surface area contributed by atoms with E-state index in [1.54, 1.807) is 0 Å². The van der Waals surface area contributed by atoms with Crippen molar-refractivity contribution in [3.05, 3.63) is 42.1 Å². The van der Waals surface area contributed by atoms with Crippen LogP contribution in [0.15, 0.2) is 36.4 Å². The van der Waals surface area contributed by atoms with Crippen LogP contribution in [0.4, 0.5) is 0 Å². The van der Waals surface area contributed by atoms with Crippen molar-refractivity contribution in [2.45, 2.75) is 12.8 Å². The molecule has 0 saturated carbocycles. The number of aromatic nitrogens is 1. The van der Waals surface area contributed by atoms with Crippen LogP contribution in [-0.4, -0.2) is 49.5 Å². The molecule has 2 aliphatic heterocycles. The Morgan fingerprint density at radius 1 is 1.00 bits per heavy atom. The highest BCUT2D eigenvalue weighted by molar-refractivity contribution is 5.64. The van der Waals surface area contributed by atoms with Gasteiger partial charge in [0.2, 0.25) is 6.79 Å². The molecule has 1 fully saturated rings. The number of ether oxygens (including phenoxy) is 3. The first-order valence-electron chi connectivity index (χ1n) is 8.54. The molecule has 0 N–H and O–H groups in total. The molecule has 1 saturated heterocycles. The van der Waals surface area contributed by atoms with Crippen LogP contribution in [0.5, 0.6) is 11.5 Å². The Bertz CT molecular complexity index is 699. The van der Waals surface area contributed by atoms with Crippen molar-refractivity contribution in [2.24, 2.45) is 0 Å². The maximum atomic E-state index is 5.46. The first-order chi connectivity index (χ1) is 11.9. The molecule has 5 heteroatoms. The Balaban J connectivity index is 1.40. The quantitative estimate of drug-likeness (QED) is 0.845. The fourth-order valence-electron chi connectivity index (χ4n) is 3.14. The first-order valence-corrected chi connectivity index (χ1v) is 8.54. The Morgan fingerprint density at radius 3 is 2.79 bits per heavy atom. The van der Waals surface area contributed by atoms with Gasteiger partial charge in [0.15, 0.2) is 11.5 Å². The predicted molar refractivity (Wildman–Crippen MR) is 91.4 cm³/mol. The minimum atomic E-state index is 0.299. The molecule has 0 spiro atoms. The summed E-state index contributed by atoms with van der Waals surface area (Å²) in [5.74, 6) is 1.60. The summed E-state index contributed by atoms with van der Waals surface area (Å²) in [5.41, 5.74) is 3.19. The predicted octanol–water partition coefficient (Wildman–Crippen LogP) is 2.74. The standard InChI is InChI=1S/C19H22N2O3/c1-3-16(4-2-8-21-9-11-22-12-10-21)20-17(5-1)15-6-7-18-19(13-15)24-14-23-18/h1,3,5-7,13H,2,4,8-12,14H2. The molecule has 2 aromatic rings. The number of aryl methyl sites for hydroxylation is 1. The molecule has 5 nitrogen and oxygen atoms in total. The lowest BCUT2D eigenvalue weighted by atomic mass is 10.1. The van der Waals surface area contributed by atoms with E-state index >= 15 is 0 Å². The molecule has 0 bridgehead atoms. The summed E-state index contributed by atoms with van der Waals surface area (Å²) in [6, 6.07) is 12.2. The van der Waals surface area contributed by atoms with Crippen LogP contribution in [-0.2, 0) is 11.2 Å². The van der Waals surface area contributed by atoms with Crippen molar-refractivity contribution < 1.29 is 14.2 Å².